The third kappa shape index (κ3) is 6.56. The molecule has 2 aromatic rings. The van der Waals surface area contributed by atoms with E-state index in [1.165, 1.54) is 24.9 Å². The van der Waals surface area contributed by atoms with Gasteiger partial charge in [-0.05, 0) is 38.2 Å². The molecule has 1 aromatic carbocycles. The van der Waals surface area contributed by atoms with Gasteiger partial charge in [-0.25, -0.2) is 4.79 Å². The van der Waals surface area contributed by atoms with Gasteiger partial charge in [0.05, 0.1) is 31.2 Å². The van der Waals surface area contributed by atoms with Crippen LogP contribution in [-0.4, -0.2) is 60.5 Å². The Labute approximate surface area is 221 Å². The predicted octanol–water partition coefficient (Wildman–Crippen LogP) is 1.70. The summed E-state index contributed by atoms with van der Waals surface area (Å²) in [6.45, 7) is 0.981. The van der Waals surface area contributed by atoms with Gasteiger partial charge in [-0.3, -0.25) is 23.5 Å². The average Bonchev–Trinajstić information content (AvgIpc) is 3.45. The van der Waals surface area contributed by atoms with Crippen molar-refractivity contribution in [1.82, 2.24) is 19.8 Å². The van der Waals surface area contributed by atoms with E-state index in [9.17, 15) is 19.2 Å². The molecule has 11 heteroatoms. The second kappa shape index (κ2) is 12.9. The van der Waals surface area contributed by atoms with E-state index in [0.29, 0.717) is 36.6 Å². The summed E-state index contributed by atoms with van der Waals surface area (Å²) in [5.41, 5.74) is -0.815. The monoisotopic (exact) mass is 530 g/mol. The van der Waals surface area contributed by atoms with Gasteiger partial charge in [0.15, 0.2) is 11.5 Å². The standard InChI is InChI=1S/C27H38N4O7/c1-36-22-14-20-21(15-23(22)37-2)31(17-25(33)29-18-8-4-3-5-9-18)27(35)30(26(20)34)12-6-11-24(32)28-16-19-10-7-13-38-19/h14-15,18-19H,3-13,16-17H2,1-2H3,(H,28,32)(H,29,33). The molecule has 1 saturated heterocycles. The molecule has 1 aromatic heterocycles. The number of methoxy groups -OCH3 is 2. The summed E-state index contributed by atoms with van der Waals surface area (Å²) in [5.74, 6) is 0.247. The molecule has 1 aliphatic heterocycles. The summed E-state index contributed by atoms with van der Waals surface area (Å²) in [6.07, 6.45) is 7.54. The molecular weight excluding hydrogens is 492 g/mol. The van der Waals surface area contributed by atoms with Crippen LogP contribution in [0.2, 0.25) is 0 Å². The zero-order valence-electron chi connectivity index (χ0n) is 22.3. The first kappa shape index (κ1) is 27.7. The van der Waals surface area contributed by atoms with E-state index in [-0.39, 0.29) is 48.9 Å². The highest BCUT2D eigenvalue weighted by molar-refractivity contribution is 5.84. The summed E-state index contributed by atoms with van der Waals surface area (Å²) in [5, 5.41) is 6.12. The van der Waals surface area contributed by atoms with Crippen molar-refractivity contribution in [3.8, 4) is 11.5 Å². The average molecular weight is 531 g/mol. The Hall–Kier alpha value is -3.34. The first-order valence-electron chi connectivity index (χ1n) is 13.5. The van der Waals surface area contributed by atoms with Crippen LogP contribution in [0.4, 0.5) is 0 Å². The molecule has 1 atom stereocenters. The van der Waals surface area contributed by atoms with Crippen molar-refractivity contribution in [3.05, 3.63) is 33.0 Å². The van der Waals surface area contributed by atoms with E-state index in [0.717, 1.165) is 49.5 Å². The number of benzene rings is 1. The predicted molar refractivity (Wildman–Crippen MR) is 142 cm³/mol. The highest BCUT2D eigenvalue weighted by atomic mass is 16.5. The molecular formula is C27H38N4O7. The summed E-state index contributed by atoms with van der Waals surface area (Å²) in [7, 11) is 2.93. The van der Waals surface area contributed by atoms with Crippen LogP contribution >= 0.6 is 0 Å². The summed E-state index contributed by atoms with van der Waals surface area (Å²) < 4.78 is 18.7. The van der Waals surface area contributed by atoms with Crippen molar-refractivity contribution in [2.45, 2.75) is 83.0 Å². The topological polar surface area (TPSA) is 130 Å². The van der Waals surface area contributed by atoms with Crippen LogP contribution in [0, 0.1) is 0 Å². The van der Waals surface area contributed by atoms with Gasteiger partial charge in [0, 0.05) is 38.2 Å². The highest BCUT2D eigenvalue weighted by Gasteiger charge is 2.21. The lowest BCUT2D eigenvalue weighted by Crippen LogP contribution is -2.44. The fourth-order valence-electron chi connectivity index (χ4n) is 5.28. The summed E-state index contributed by atoms with van der Waals surface area (Å²) in [6, 6.07) is 3.16. The summed E-state index contributed by atoms with van der Waals surface area (Å²) in [4.78, 5) is 52.2. The zero-order chi connectivity index (χ0) is 27.1. The Balaban J connectivity index is 1.57. The van der Waals surface area contributed by atoms with Crippen LogP contribution in [0.3, 0.4) is 0 Å². The van der Waals surface area contributed by atoms with Gasteiger partial charge in [0.25, 0.3) is 5.56 Å². The van der Waals surface area contributed by atoms with Gasteiger partial charge in [-0.1, -0.05) is 19.3 Å². The maximum Gasteiger partial charge on any atom is 0.331 e. The van der Waals surface area contributed by atoms with Crippen LogP contribution in [0.25, 0.3) is 10.9 Å². The molecule has 0 radical (unpaired) electrons. The smallest absolute Gasteiger partial charge is 0.331 e. The maximum atomic E-state index is 13.5. The third-order valence-electron chi connectivity index (χ3n) is 7.34. The third-order valence-corrected chi connectivity index (χ3v) is 7.34. The molecule has 11 nitrogen and oxygen atoms in total. The molecule has 1 aliphatic carbocycles. The molecule has 1 saturated carbocycles. The zero-order valence-corrected chi connectivity index (χ0v) is 22.3. The van der Waals surface area contributed by atoms with Crippen molar-refractivity contribution < 1.29 is 23.8 Å². The minimum Gasteiger partial charge on any atom is -0.493 e. The number of hydrogen-bond acceptors (Lipinski definition) is 7. The normalized spacial score (nSPS) is 17.9. The van der Waals surface area contributed by atoms with E-state index in [4.69, 9.17) is 14.2 Å². The quantitative estimate of drug-likeness (QED) is 0.452. The number of carbonyl (C=O) groups is 2. The van der Waals surface area contributed by atoms with E-state index < -0.39 is 11.2 Å². The number of ether oxygens (including phenoxy) is 3. The van der Waals surface area contributed by atoms with Gasteiger partial charge in [0.2, 0.25) is 11.8 Å². The first-order chi connectivity index (χ1) is 18.4. The van der Waals surface area contributed by atoms with E-state index in [1.807, 2.05) is 0 Å². The van der Waals surface area contributed by atoms with Crippen LogP contribution in [-0.2, 0) is 27.4 Å². The minimum absolute atomic E-state index is 0.0412. The van der Waals surface area contributed by atoms with Crippen LogP contribution in [0.5, 0.6) is 11.5 Å². The Kier molecular flexibility index (Phi) is 9.43. The molecule has 1 unspecified atom stereocenters. The number of aromatic nitrogens is 2. The Morgan fingerprint density at radius 1 is 0.974 bits per heavy atom. The van der Waals surface area contributed by atoms with Crippen molar-refractivity contribution in [3.63, 3.8) is 0 Å². The largest absolute Gasteiger partial charge is 0.493 e. The molecule has 208 valence electrons. The van der Waals surface area contributed by atoms with Gasteiger partial charge in [-0.2, -0.15) is 0 Å². The lowest BCUT2D eigenvalue weighted by atomic mass is 9.95. The molecule has 2 fully saturated rings. The second-order valence-electron chi connectivity index (χ2n) is 9.99. The molecule has 2 N–H and O–H groups in total. The van der Waals surface area contributed by atoms with Crippen molar-refractivity contribution in [1.29, 1.82) is 0 Å². The number of hydrogen-bond donors (Lipinski definition) is 2. The molecule has 2 amide bonds. The van der Waals surface area contributed by atoms with Crippen molar-refractivity contribution in [2.24, 2.45) is 0 Å². The Morgan fingerprint density at radius 3 is 2.39 bits per heavy atom. The lowest BCUT2D eigenvalue weighted by molar-refractivity contribution is -0.123. The van der Waals surface area contributed by atoms with Gasteiger partial charge in [-0.15, -0.1) is 0 Å². The van der Waals surface area contributed by atoms with Crippen LogP contribution in [0.15, 0.2) is 21.7 Å². The van der Waals surface area contributed by atoms with E-state index in [2.05, 4.69) is 10.6 Å². The maximum absolute atomic E-state index is 13.5. The van der Waals surface area contributed by atoms with Crippen molar-refractivity contribution in [2.75, 3.05) is 27.4 Å². The minimum atomic E-state index is -0.603. The lowest BCUT2D eigenvalue weighted by Gasteiger charge is -2.23. The number of nitrogens with zero attached hydrogens (tertiary/aromatic N) is 2. The number of amides is 2. The molecule has 2 heterocycles. The van der Waals surface area contributed by atoms with Gasteiger partial charge in [0.1, 0.15) is 6.54 Å². The van der Waals surface area contributed by atoms with Gasteiger partial charge < -0.3 is 24.8 Å². The molecule has 38 heavy (non-hydrogen) atoms. The number of fused-ring (bicyclic) bond motifs is 1. The Morgan fingerprint density at radius 2 is 1.71 bits per heavy atom. The number of nitrogens with one attached hydrogen (secondary N) is 2. The molecule has 2 aliphatic rings. The molecule has 4 rings (SSSR count). The highest BCUT2D eigenvalue weighted by Crippen LogP contribution is 2.30. The molecule has 0 bridgehead atoms. The number of rotatable bonds is 11. The van der Waals surface area contributed by atoms with Gasteiger partial charge >= 0.3 is 5.69 Å². The van der Waals surface area contributed by atoms with Crippen molar-refractivity contribution >= 4 is 22.7 Å². The van der Waals surface area contributed by atoms with Crippen LogP contribution in [0.1, 0.15) is 57.8 Å². The second-order valence-corrected chi connectivity index (χ2v) is 9.99. The number of carbonyl (C=O) groups excluding carboxylic acids is 2. The fraction of sp³-hybridized carbons (Fsp3) is 0.630. The van der Waals surface area contributed by atoms with E-state index in [1.54, 1.807) is 6.07 Å². The fourth-order valence-corrected chi connectivity index (χ4v) is 5.28. The summed E-state index contributed by atoms with van der Waals surface area (Å²) >= 11 is 0. The SMILES string of the molecule is COc1cc2c(=O)n(CCCC(=O)NCC3CCCO3)c(=O)n(CC(=O)NC3CCCCC3)c2cc1OC. The van der Waals surface area contributed by atoms with Crippen LogP contribution < -0.4 is 31.4 Å². The molecule has 0 spiro atoms. The first-order valence-corrected chi connectivity index (χ1v) is 13.5. The Bertz CT molecular complexity index is 1260. The van der Waals surface area contributed by atoms with E-state index >= 15 is 0 Å².